The van der Waals surface area contributed by atoms with E-state index in [1.807, 2.05) is 35.2 Å². The number of amides is 2. The van der Waals surface area contributed by atoms with Gasteiger partial charge in [0.15, 0.2) is 0 Å². The van der Waals surface area contributed by atoms with E-state index in [-0.39, 0.29) is 17.6 Å². The lowest BCUT2D eigenvalue weighted by Gasteiger charge is -2.36. The highest BCUT2D eigenvalue weighted by Gasteiger charge is 2.33. The average molecular weight is 512 g/mol. The Hall–Kier alpha value is -3.86. The van der Waals surface area contributed by atoms with Crippen LogP contribution < -0.4 is 15.1 Å². The van der Waals surface area contributed by atoms with Gasteiger partial charge in [-0.2, -0.15) is 0 Å². The highest BCUT2D eigenvalue weighted by atomic mass is 32.1. The first-order valence-electron chi connectivity index (χ1n) is 11.6. The number of nitrogens with zero attached hydrogens (tertiary/aromatic N) is 3. The van der Waals surface area contributed by atoms with Gasteiger partial charge in [0.25, 0.3) is 11.1 Å². The van der Waals surface area contributed by atoms with Crippen molar-refractivity contribution in [2.75, 3.05) is 56.2 Å². The molecule has 5 rings (SSSR count). The number of anilines is 2. The van der Waals surface area contributed by atoms with Crippen LogP contribution in [-0.2, 0) is 9.47 Å². The molecular formula is C25H26FN5O4S. The number of para-hydroxylation sites is 1. The van der Waals surface area contributed by atoms with E-state index in [9.17, 15) is 9.59 Å². The topological polar surface area (TPSA) is 90.1 Å². The van der Waals surface area contributed by atoms with Gasteiger partial charge in [-0.25, -0.2) is 9.18 Å². The molecule has 2 aromatic carbocycles. The van der Waals surface area contributed by atoms with Gasteiger partial charge >= 0.3 is 6.09 Å². The molecule has 0 spiro atoms. The predicted molar refractivity (Wildman–Crippen MR) is 138 cm³/mol. The highest BCUT2D eigenvalue weighted by Crippen LogP contribution is 2.29. The Bertz CT molecular complexity index is 1270. The van der Waals surface area contributed by atoms with Crippen LogP contribution in [0.1, 0.15) is 10.5 Å². The number of hydrogen-bond acceptors (Lipinski definition) is 6. The lowest BCUT2D eigenvalue weighted by Crippen LogP contribution is -2.49. The quantitative estimate of drug-likeness (QED) is 0.509. The number of hydrogen-bond donors (Lipinski definition) is 2. The molecule has 3 aromatic rings. The molecule has 0 aliphatic carbocycles. The van der Waals surface area contributed by atoms with Gasteiger partial charge in [0.2, 0.25) is 0 Å². The zero-order valence-corrected chi connectivity index (χ0v) is 20.5. The third-order valence-electron chi connectivity index (χ3n) is 6.44. The van der Waals surface area contributed by atoms with Crippen LogP contribution in [0.5, 0.6) is 0 Å². The number of thiocarbonyl (C=S) groups is 1. The van der Waals surface area contributed by atoms with Crippen LogP contribution in [0.2, 0.25) is 0 Å². The summed E-state index contributed by atoms with van der Waals surface area (Å²) in [7, 11) is 1.45. The summed E-state index contributed by atoms with van der Waals surface area (Å²) >= 11 is 4.93. The van der Waals surface area contributed by atoms with E-state index in [2.05, 4.69) is 10.3 Å². The molecule has 2 fully saturated rings. The Labute approximate surface area is 212 Å². The maximum Gasteiger partial charge on any atom is 0.414 e. The summed E-state index contributed by atoms with van der Waals surface area (Å²) in [6, 6.07) is 14.3. The molecule has 0 bridgehead atoms. The van der Waals surface area contributed by atoms with Crippen molar-refractivity contribution in [3.8, 4) is 0 Å². The maximum atomic E-state index is 15.1. The fourth-order valence-electron chi connectivity index (χ4n) is 4.54. The second-order valence-corrected chi connectivity index (χ2v) is 9.04. The fourth-order valence-corrected chi connectivity index (χ4v) is 4.62. The van der Waals surface area contributed by atoms with Gasteiger partial charge in [0.05, 0.1) is 31.6 Å². The van der Waals surface area contributed by atoms with Gasteiger partial charge < -0.3 is 29.6 Å². The van der Waals surface area contributed by atoms with Crippen molar-refractivity contribution in [1.29, 1.82) is 0 Å². The molecule has 0 radical (unpaired) electrons. The van der Waals surface area contributed by atoms with Gasteiger partial charge in [0.1, 0.15) is 17.6 Å². The number of ether oxygens (including phenoxy) is 2. The SMILES string of the molecule is COC(=S)NCC1CN(c2ccc(N3CCN(C(=O)c4cc5ccccc5[nH]4)CC3)c(F)c2)C(=O)O1. The number of methoxy groups -OCH3 is 1. The molecule has 0 saturated carbocycles. The lowest BCUT2D eigenvalue weighted by molar-refractivity contribution is 0.0741. The molecule has 188 valence electrons. The van der Waals surface area contributed by atoms with E-state index in [0.29, 0.717) is 49.8 Å². The van der Waals surface area contributed by atoms with Crippen molar-refractivity contribution in [2.24, 2.45) is 0 Å². The number of cyclic esters (lactones) is 1. The van der Waals surface area contributed by atoms with Gasteiger partial charge in [-0.15, -0.1) is 0 Å². The third-order valence-corrected chi connectivity index (χ3v) is 6.76. The maximum absolute atomic E-state index is 15.1. The summed E-state index contributed by atoms with van der Waals surface area (Å²) in [5, 5.41) is 4.05. The number of rotatable bonds is 5. The molecule has 2 aliphatic heterocycles. The van der Waals surface area contributed by atoms with Gasteiger partial charge in [-0.1, -0.05) is 18.2 Å². The Balaban J connectivity index is 1.20. The first-order valence-corrected chi connectivity index (χ1v) is 12.1. The minimum absolute atomic E-state index is 0.0653. The largest absolute Gasteiger partial charge is 0.474 e. The number of carbonyl (C=O) groups is 2. The standard InChI is InChI=1S/C25H26FN5O4S/c1-34-24(36)27-14-18-15-31(25(33)35-18)17-6-7-22(19(26)13-17)29-8-10-30(11-9-29)23(32)21-12-16-4-2-3-5-20(16)28-21/h2-7,12-13,18,28H,8-11,14-15H2,1H3,(H,27,36). The summed E-state index contributed by atoms with van der Waals surface area (Å²) in [4.78, 5) is 33.5. The van der Waals surface area contributed by atoms with Crippen molar-refractivity contribution < 1.29 is 23.5 Å². The normalized spacial score (nSPS) is 17.9. The lowest BCUT2D eigenvalue weighted by atomic mass is 10.2. The van der Waals surface area contributed by atoms with Crippen molar-refractivity contribution in [2.45, 2.75) is 6.10 Å². The molecular weight excluding hydrogens is 485 g/mol. The number of fused-ring (bicyclic) bond motifs is 1. The van der Waals surface area contributed by atoms with Crippen molar-refractivity contribution in [1.82, 2.24) is 15.2 Å². The van der Waals surface area contributed by atoms with Gasteiger partial charge in [0, 0.05) is 37.1 Å². The molecule has 2 saturated heterocycles. The van der Waals surface area contributed by atoms with E-state index in [0.717, 1.165) is 10.9 Å². The highest BCUT2D eigenvalue weighted by molar-refractivity contribution is 7.80. The van der Waals surface area contributed by atoms with E-state index in [1.165, 1.54) is 18.1 Å². The van der Waals surface area contributed by atoms with Crippen molar-refractivity contribution >= 4 is 51.7 Å². The number of aromatic amines is 1. The first kappa shape index (κ1) is 23.9. The molecule has 1 aromatic heterocycles. The molecule has 9 nitrogen and oxygen atoms in total. The number of piperazine rings is 1. The minimum Gasteiger partial charge on any atom is -0.474 e. The number of aromatic nitrogens is 1. The smallest absolute Gasteiger partial charge is 0.414 e. The number of carbonyl (C=O) groups excluding carboxylic acids is 2. The average Bonchev–Trinajstić information content (AvgIpc) is 3.50. The molecule has 2 aliphatic rings. The summed E-state index contributed by atoms with van der Waals surface area (Å²) in [5.41, 5.74) is 2.33. The van der Waals surface area contributed by atoms with E-state index >= 15 is 4.39 Å². The molecule has 36 heavy (non-hydrogen) atoms. The molecule has 1 unspecified atom stereocenters. The minimum atomic E-state index is -0.540. The monoisotopic (exact) mass is 511 g/mol. The summed E-state index contributed by atoms with van der Waals surface area (Å²) in [6.07, 6.45) is -0.974. The summed E-state index contributed by atoms with van der Waals surface area (Å²) in [5.74, 6) is -0.498. The second-order valence-electron chi connectivity index (χ2n) is 8.67. The Morgan fingerprint density at radius 2 is 1.97 bits per heavy atom. The van der Waals surface area contributed by atoms with E-state index < -0.39 is 18.0 Å². The van der Waals surface area contributed by atoms with Crippen LogP contribution >= 0.6 is 12.2 Å². The van der Waals surface area contributed by atoms with E-state index in [4.69, 9.17) is 21.7 Å². The number of nitrogens with one attached hydrogen (secondary N) is 2. The zero-order valence-electron chi connectivity index (χ0n) is 19.7. The summed E-state index contributed by atoms with van der Waals surface area (Å²) < 4.78 is 25.3. The molecule has 1 atom stereocenters. The molecule has 3 heterocycles. The van der Waals surface area contributed by atoms with Crippen molar-refractivity contribution in [3.05, 3.63) is 60.0 Å². The first-order chi connectivity index (χ1) is 17.4. The Morgan fingerprint density at radius 3 is 2.69 bits per heavy atom. The van der Waals surface area contributed by atoms with Crippen LogP contribution in [0.3, 0.4) is 0 Å². The van der Waals surface area contributed by atoms with Crippen molar-refractivity contribution in [3.63, 3.8) is 0 Å². The Kier molecular flexibility index (Phi) is 6.64. The van der Waals surface area contributed by atoms with Crippen LogP contribution in [0.25, 0.3) is 10.9 Å². The summed E-state index contributed by atoms with van der Waals surface area (Å²) in [6.45, 7) is 2.53. The van der Waals surface area contributed by atoms with E-state index in [1.54, 1.807) is 17.0 Å². The second kappa shape index (κ2) is 10.0. The van der Waals surface area contributed by atoms with Crippen LogP contribution in [-0.4, -0.2) is 79.5 Å². The third kappa shape index (κ3) is 4.78. The van der Waals surface area contributed by atoms with Gasteiger partial charge in [-0.3, -0.25) is 9.69 Å². The number of H-pyrrole nitrogens is 1. The number of benzene rings is 2. The Morgan fingerprint density at radius 1 is 1.19 bits per heavy atom. The zero-order chi connectivity index (χ0) is 25.2. The fraction of sp³-hybridized carbons (Fsp3) is 0.320. The predicted octanol–water partition coefficient (Wildman–Crippen LogP) is 3.12. The van der Waals surface area contributed by atoms with Crippen LogP contribution in [0.4, 0.5) is 20.6 Å². The van der Waals surface area contributed by atoms with Crippen LogP contribution in [0, 0.1) is 5.82 Å². The number of halogens is 1. The van der Waals surface area contributed by atoms with Crippen LogP contribution in [0.15, 0.2) is 48.5 Å². The molecule has 2 N–H and O–H groups in total. The molecule has 2 amide bonds. The molecule has 11 heteroatoms. The van der Waals surface area contributed by atoms with Gasteiger partial charge in [-0.05, 0) is 42.5 Å².